The molecule has 4 atom stereocenters. The van der Waals surface area contributed by atoms with Gasteiger partial charge < -0.3 is 19.5 Å². The standard InChI is InChI=1S/C16H19F2N3O7/c1-7(26-9(3)23)12-13(27-10(4)24)16(17,18)14(28-12)21-6-5-11(19-8(2)22)20-15(21)25/h5-7,12-14H,1-4H3,(H,19,20,22,25)/t7?,12-,13?,14-/m1/s1. The van der Waals surface area contributed by atoms with E-state index >= 15 is 0 Å². The van der Waals surface area contributed by atoms with Gasteiger partial charge in [-0.05, 0) is 13.0 Å². The first kappa shape index (κ1) is 21.4. The van der Waals surface area contributed by atoms with Crippen molar-refractivity contribution >= 4 is 23.7 Å². The summed E-state index contributed by atoms with van der Waals surface area (Å²) in [5.41, 5.74) is -1.13. The number of esters is 2. The molecule has 154 valence electrons. The van der Waals surface area contributed by atoms with Crippen molar-refractivity contribution in [3.63, 3.8) is 0 Å². The molecule has 0 aliphatic carbocycles. The maximum absolute atomic E-state index is 15.0. The number of ether oxygens (including phenoxy) is 3. The third-order valence-electron chi connectivity index (χ3n) is 3.79. The van der Waals surface area contributed by atoms with E-state index in [2.05, 4.69) is 10.3 Å². The number of halogens is 2. The third kappa shape index (κ3) is 4.50. The first-order valence-corrected chi connectivity index (χ1v) is 8.18. The van der Waals surface area contributed by atoms with Crippen LogP contribution in [0.25, 0.3) is 0 Å². The third-order valence-corrected chi connectivity index (χ3v) is 3.79. The first-order valence-electron chi connectivity index (χ1n) is 8.18. The molecule has 2 heterocycles. The van der Waals surface area contributed by atoms with E-state index in [9.17, 15) is 28.0 Å². The molecule has 1 aromatic heterocycles. The van der Waals surface area contributed by atoms with Gasteiger partial charge in [0.15, 0.2) is 6.10 Å². The minimum atomic E-state index is -3.84. The molecule has 0 bridgehead atoms. The van der Waals surface area contributed by atoms with Gasteiger partial charge >= 0.3 is 23.6 Å². The zero-order chi connectivity index (χ0) is 21.2. The number of hydrogen-bond donors (Lipinski definition) is 1. The lowest BCUT2D eigenvalue weighted by atomic mass is 10.1. The van der Waals surface area contributed by atoms with Gasteiger partial charge in [-0.1, -0.05) is 0 Å². The summed E-state index contributed by atoms with van der Waals surface area (Å²) < 4.78 is 45.3. The van der Waals surface area contributed by atoms with E-state index in [4.69, 9.17) is 14.2 Å². The number of nitrogens with one attached hydrogen (secondary N) is 1. The fraction of sp³-hybridized carbons (Fsp3) is 0.562. The predicted octanol–water partition coefficient (Wildman–Crippen LogP) is 0.618. The van der Waals surface area contributed by atoms with Crippen LogP contribution in [-0.4, -0.2) is 51.6 Å². The van der Waals surface area contributed by atoms with Crippen molar-refractivity contribution in [1.29, 1.82) is 0 Å². The summed E-state index contributed by atoms with van der Waals surface area (Å²) in [6.07, 6.45) is -6.05. The fourth-order valence-electron chi connectivity index (χ4n) is 2.77. The number of amides is 1. The summed E-state index contributed by atoms with van der Waals surface area (Å²) >= 11 is 0. The van der Waals surface area contributed by atoms with Crippen LogP contribution in [0.1, 0.15) is 33.9 Å². The number of anilines is 1. The maximum Gasteiger partial charge on any atom is 0.351 e. The summed E-state index contributed by atoms with van der Waals surface area (Å²) in [6.45, 7) is 4.50. The molecule has 2 unspecified atom stereocenters. The van der Waals surface area contributed by atoms with Crippen LogP contribution in [0.15, 0.2) is 17.1 Å². The molecule has 2 rings (SSSR count). The largest absolute Gasteiger partial charge is 0.460 e. The van der Waals surface area contributed by atoms with E-state index in [0.717, 1.165) is 26.1 Å². The Morgan fingerprint density at radius 2 is 1.93 bits per heavy atom. The zero-order valence-corrected chi connectivity index (χ0v) is 15.5. The average Bonchev–Trinajstić information content (AvgIpc) is 2.77. The molecular weight excluding hydrogens is 384 g/mol. The maximum atomic E-state index is 15.0. The minimum Gasteiger partial charge on any atom is -0.460 e. The number of hydrogen-bond acceptors (Lipinski definition) is 8. The topological polar surface area (TPSA) is 126 Å². The lowest BCUT2D eigenvalue weighted by Crippen LogP contribution is -2.46. The second-order valence-electron chi connectivity index (χ2n) is 6.16. The first-order chi connectivity index (χ1) is 12.9. The summed E-state index contributed by atoms with van der Waals surface area (Å²) in [7, 11) is 0. The average molecular weight is 403 g/mol. The highest BCUT2D eigenvalue weighted by atomic mass is 19.3. The lowest BCUT2D eigenvalue weighted by molar-refractivity contribution is -0.176. The summed E-state index contributed by atoms with van der Waals surface area (Å²) in [4.78, 5) is 49.2. The fourth-order valence-corrected chi connectivity index (χ4v) is 2.77. The molecule has 1 aliphatic heterocycles. The van der Waals surface area contributed by atoms with Gasteiger partial charge in [0.05, 0.1) is 0 Å². The van der Waals surface area contributed by atoms with Gasteiger partial charge in [0.1, 0.15) is 18.0 Å². The molecule has 0 saturated carbocycles. The van der Waals surface area contributed by atoms with Crippen LogP contribution in [0.3, 0.4) is 0 Å². The molecule has 1 fully saturated rings. The quantitative estimate of drug-likeness (QED) is 0.709. The number of carbonyl (C=O) groups excluding carboxylic acids is 3. The molecule has 1 aromatic rings. The predicted molar refractivity (Wildman–Crippen MR) is 88.4 cm³/mol. The van der Waals surface area contributed by atoms with Crippen LogP contribution in [0.2, 0.25) is 0 Å². The second kappa shape index (κ2) is 8.00. The Bertz CT molecular complexity index is 842. The molecule has 1 aliphatic rings. The number of carbonyl (C=O) groups is 3. The zero-order valence-electron chi connectivity index (χ0n) is 15.5. The van der Waals surface area contributed by atoms with Crippen LogP contribution >= 0.6 is 0 Å². The number of nitrogens with zero attached hydrogens (tertiary/aromatic N) is 2. The molecule has 10 nitrogen and oxygen atoms in total. The Morgan fingerprint density at radius 1 is 1.29 bits per heavy atom. The van der Waals surface area contributed by atoms with Crippen LogP contribution in [0.5, 0.6) is 0 Å². The molecule has 1 N–H and O–H groups in total. The van der Waals surface area contributed by atoms with Crippen molar-refractivity contribution in [2.24, 2.45) is 0 Å². The van der Waals surface area contributed by atoms with Crippen molar-refractivity contribution in [2.45, 2.75) is 58.2 Å². The van der Waals surface area contributed by atoms with Crippen LogP contribution < -0.4 is 11.0 Å². The minimum absolute atomic E-state index is 0.128. The normalized spacial score (nSPS) is 24.3. The van der Waals surface area contributed by atoms with Gasteiger partial charge in [-0.15, -0.1) is 0 Å². The highest BCUT2D eigenvalue weighted by molar-refractivity contribution is 5.87. The molecule has 0 aromatic carbocycles. The molecule has 1 amide bonds. The highest BCUT2D eigenvalue weighted by Gasteiger charge is 2.64. The van der Waals surface area contributed by atoms with Crippen molar-refractivity contribution < 1.29 is 37.4 Å². The Morgan fingerprint density at radius 3 is 2.43 bits per heavy atom. The van der Waals surface area contributed by atoms with Crippen molar-refractivity contribution in [3.8, 4) is 0 Å². The van der Waals surface area contributed by atoms with Crippen LogP contribution in [-0.2, 0) is 28.6 Å². The second-order valence-corrected chi connectivity index (χ2v) is 6.16. The van der Waals surface area contributed by atoms with Gasteiger partial charge in [-0.3, -0.25) is 19.0 Å². The highest BCUT2D eigenvalue weighted by Crippen LogP contribution is 2.45. The van der Waals surface area contributed by atoms with Crippen molar-refractivity contribution in [2.75, 3.05) is 5.32 Å². The molecule has 0 radical (unpaired) electrons. The molecule has 12 heteroatoms. The van der Waals surface area contributed by atoms with E-state index in [1.54, 1.807) is 0 Å². The Hall–Kier alpha value is -2.89. The molecule has 28 heavy (non-hydrogen) atoms. The monoisotopic (exact) mass is 403 g/mol. The van der Waals surface area contributed by atoms with Gasteiger partial charge in [-0.2, -0.15) is 13.8 Å². The lowest BCUT2D eigenvalue weighted by Gasteiger charge is -2.25. The number of alkyl halides is 2. The van der Waals surface area contributed by atoms with E-state index in [1.165, 1.54) is 13.8 Å². The molecular formula is C16H19F2N3O7. The molecule has 0 spiro atoms. The van der Waals surface area contributed by atoms with Gasteiger partial charge in [0, 0.05) is 27.0 Å². The Kier molecular flexibility index (Phi) is 6.12. The summed E-state index contributed by atoms with van der Waals surface area (Å²) in [6, 6.07) is 1.13. The van der Waals surface area contributed by atoms with Gasteiger partial charge in [0.25, 0.3) is 0 Å². The summed E-state index contributed by atoms with van der Waals surface area (Å²) in [5, 5.41) is 2.25. The van der Waals surface area contributed by atoms with Crippen LogP contribution in [0, 0.1) is 0 Å². The van der Waals surface area contributed by atoms with Crippen LogP contribution in [0.4, 0.5) is 14.6 Å². The van der Waals surface area contributed by atoms with Crippen molar-refractivity contribution in [3.05, 3.63) is 22.7 Å². The van der Waals surface area contributed by atoms with E-state index in [1.807, 2.05) is 0 Å². The number of rotatable bonds is 5. The van der Waals surface area contributed by atoms with Crippen molar-refractivity contribution in [1.82, 2.24) is 9.55 Å². The van der Waals surface area contributed by atoms with Gasteiger partial charge in [0.2, 0.25) is 12.1 Å². The Balaban J connectivity index is 2.41. The Labute approximate surface area is 157 Å². The van der Waals surface area contributed by atoms with E-state index in [-0.39, 0.29) is 5.82 Å². The van der Waals surface area contributed by atoms with E-state index in [0.29, 0.717) is 4.57 Å². The summed E-state index contributed by atoms with van der Waals surface area (Å²) in [5.74, 6) is -6.22. The van der Waals surface area contributed by atoms with Gasteiger partial charge in [-0.25, -0.2) is 4.79 Å². The smallest absolute Gasteiger partial charge is 0.351 e. The van der Waals surface area contributed by atoms with E-state index < -0.39 is 54.0 Å². The SMILES string of the molecule is CC(=O)Nc1ccn([C@@H]2O[C@H](C(C)OC(C)=O)C(OC(C)=O)C2(F)F)c(=O)n1. The number of aromatic nitrogens is 2. The molecule has 1 saturated heterocycles.